The van der Waals surface area contributed by atoms with Crippen LogP contribution in [0.3, 0.4) is 0 Å². The molecule has 0 radical (unpaired) electrons. The number of halogens is 1. The Labute approximate surface area is 195 Å². The van der Waals surface area contributed by atoms with Gasteiger partial charge in [0.15, 0.2) is 0 Å². The van der Waals surface area contributed by atoms with Gasteiger partial charge >= 0.3 is 6.09 Å². The average Bonchev–Trinajstić information content (AvgIpc) is 3.14. The Morgan fingerprint density at radius 1 is 1.06 bits per heavy atom. The number of benzene rings is 3. The van der Waals surface area contributed by atoms with Gasteiger partial charge in [0.25, 0.3) is 0 Å². The van der Waals surface area contributed by atoms with E-state index in [1.54, 1.807) is 0 Å². The van der Waals surface area contributed by atoms with Crippen LogP contribution in [0.15, 0.2) is 59.1 Å². The molecule has 1 heterocycles. The molecule has 5 nitrogen and oxygen atoms in total. The van der Waals surface area contributed by atoms with Crippen molar-refractivity contribution in [3.05, 3.63) is 75.8 Å². The maximum absolute atomic E-state index is 13.2. The first-order valence-electron chi connectivity index (χ1n) is 10.9. The third-order valence-corrected chi connectivity index (χ3v) is 7.45. The van der Waals surface area contributed by atoms with E-state index in [1.165, 1.54) is 22.1 Å². The summed E-state index contributed by atoms with van der Waals surface area (Å²) in [5.41, 5.74) is 5.84. The molecule has 6 heteroatoms. The van der Waals surface area contributed by atoms with Gasteiger partial charge in [0.1, 0.15) is 18.1 Å². The minimum atomic E-state index is -0.478. The highest BCUT2D eigenvalue weighted by molar-refractivity contribution is 9.10. The lowest BCUT2D eigenvalue weighted by Crippen LogP contribution is -2.38. The molecule has 0 bridgehead atoms. The maximum Gasteiger partial charge on any atom is 0.414 e. The molecule has 0 fully saturated rings. The van der Waals surface area contributed by atoms with Crippen LogP contribution in [0, 0.1) is 0 Å². The van der Waals surface area contributed by atoms with Gasteiger partial charge in [-0.2, -0.15) is 0 Å². The summed E-state index contributed by atoms with van der Waals surface area (Å²) >= 11 is 3.42. The SMILES string of the molecule is CC[C@@H]1CCN(C(=O)OCC2c3ccccc3-c3ccccc32)c2c(Br)c(O)cc(O)c21. The highest BCUT2D eigenvalue weighted by atomic mass is 79.9. The van der Waals surface area contributed by atoms with E-state index >= 15 is 0 Å². The van der Waals surface area contributed by atoms with Crippen molar-refractivity contribution in [3.63, 3.8) is 0 Å². The molecule has 2 N–H and O–H groups in total. The smallest absolute Gasteiger partial charge is 0.414 e. The molecule has 5 rings (SSSR count). The summed E-state index contributed by atoms with van der Waals surface area (Å²) in [5.74, 6) is -0.0160. The summed E-state index contributed by atoms with van der Waals surface area (Å²) in [7, 11) is 0. The van der Waals surface area contributed by atoms with Gasteiger partial charge in [0.2, 0.25) is 0 Å². The fourth-order valence-electron chi connectivity index (χ4n) is 5.10. The van der Waals surface area contributed by atoms with Crippen LogP contribution in [-0.2, 0) is 4.74 Å². The van der Waals surface area contributed by atoms with Gasteiger partial charge in [0, 0.05) is 24.1 Å². The van der Waals surface area contributed by atoms with Crippen molar-refractivity contribution in [1.29, 1.82) is 0 Å². The average molecular weight is 494 g/mol. The topological polar surface area (TPSA) is 70.0 Å². The molecule has 1 aliphatic carbocycles. The molecule has 0 unspecified atom stereocenters. The van der Waals surface area contributed by atoms with Crippen LogP contribution in [-0.4, -0.2) is 29.5 Å². The van der Waals surface area contributed by atoms with Crippen LogP contribution in [0.25, 0.3) is 11.1 Å². The fraction of sp³-hybridized carbons (Fsp3) is 0.269. The summed E-state index contributed by atoms with van der Waals surface area (Å²) in [4.78, 5) is 14.8. The molecule has 0 saturated carbocycles. The van der Waals surface area contributed by atoms with Crippen molar-refractivity contribution >= 4 is 27.7 Å². The van der Waals surface area contributed by atoms with Crippen LogP contribution in [0.2, 0.25) is 0 Å². The number of nitrogens with zero attached hydrogens (tertiary/aromatic N) is 1. The lowest BCUT2D eigenvalue weighted by Gasteiger charge is -2.35. The Morgan fingerprint density at radius 2 is 1.69 bits per heavy atom. The summed E-state index contributed by atoms with van der Waals surface area (Å²) in [6.45, 7) is 2.74. The normalized spacial score (nSPS) is 16.9. The number of phenols is 2. The van der Waals surface area contributed by atoms with E-state index in [4.69, 9.17) is 4.74 Å². The second-order valence-electron chi connectivity index (χ2n) is 8.34. The van der Waals surface area contributed by atoms with E-state index in [9.17, 15) is 15.0 Å². The van der Waals surface area contributed by atoms with Crippen molar-refractivity contribution in [2.75, 3.05) is 18.1 Å². The van der Waals surface area contributed by atoms with Crippen molar-refractivity contribution in [2.45, 2.75) is 31.6 Å². The number of hydrogen-bond donors (Lipinski definition) is 2. The van der Waals surface area contributed by atoms with Gasteiger partial charge in [-0.1, -0.05) is 55.5 Å². The van der Waals surface area contributed by atoms with Gasteiger partial charge < -0.3 is 14.9 Å². The molecule has 1 atom stereocenters. The Bertz CT molecular complexity index is 1160. The van der Waals surface area contributed by atoms with Crippen molar-refractivity contribution < 1.29 is 19.7 Å². The Kier molecular flexibility index (Phi) is 5.33. The monoisotopic (exact) mass is 493 g/mol. The van der Waals surface area contributed by atoms with E-state index in [0.29, 0.717) is 22.3 Å². The predicted molar refractivity (Wildman–Crippen MR) is 128 cm³/mol. The molecule has 3 aromatic carbocycles. The third kappa shape index (κ3) is 3.25. The van der Waals surface area contributed by atoms with E-state index in [1.807, 2.05) is 24.3 Å². The molecule has 0 saturated heterocycles. The zero-order valence-corrected chi connectivity index (χ0v) is 19.3. The molecule has 0 aromatic heterocycles. The fourth-order valence-corrected chi connectivity index (χ4v) is 5.64. The van der Waals surface area contributed by atoms with Gasteiger partial charge in [-0.15, -0.1) is 0 Å². The summed E-state index contributed by atoms with van der Waals surface area (Å²) < 4.78 is 6.24. The minimum absolute atomic E-state index is 0.00342. The van der Waals surface area contributed by atoms with Gasteiger partial charge in [-0.05, 0) is 56.9 Å². The molecule has 2 aliphatic rings. The van der Waals surface area contributed by atoms with Crippen LogP contribution < -0.4 is 4.90 Å². The first-order valence-corrected chi connectivity index (χ1v) is 11.7. The lowest BCUT2D eigenvalue weighted by molar-refractivity contribution is 0.149. The van der Waals surface area contributed by atoms with Crippen LogP contribution >= 0.6 is 15.9 Å². The number of anilines is 1. The highest BCUT2D eigenvalue weighted by Gasteiger charge is 2.35. The number of carbonyl (C=O) groups excluding carboxylic acids is 1. The summed E-state index contributed by atoms with van der Waals surface area (Å²) in [6.07, 6.45) is 1.07. The molecule has 3 aromatic rings. The number of fused-ring (bicyclic) bond motifs is 4. The van der Waals surface area contributed by atoms with Crippen molar-refractivity contribution in [3.8, 4) is 22.6 Å². The standard InChI is InChI=1S/C26H24BrNO4/c1-2-15-11-12-28(25-23(15)21(29)13-22(30)24(25)27)26(31)32-14-20-18-9-5-3-7-16(18)17-8-4-6-10-19(17)20/h3-10,13,15,20,29-30H,2,11-12,14H2,1H3/t15-/m1/s1. The van der Waals surface area contributed by atoms with Crippen molar-refractivity contribution in [2.24, 2.45) is 0 Å². The quantitative estimate of drug-likeness (QED) is 0.436. The Hall–Kier alpha value is -2.99. The van der Waals surface area contributed by atoms with Gasteiger partial charge in [-0.25, -0.2) is 4.79 Å². The highest BCUT2D eigenvalue weighted by Crippen LogP contribution is 2.50. The zero-order valence-electron chi connectivity index (χ0n) is 17.7. The summed E-state index contributed by atoms with van der Waals surface area (Å²) in [5, 5.41) is 20.8. The number of aromatic hydroxyl groups is 2. The minimum Gasteiger partial charge on any atom is -0.507 e. The zero-order chi connectivity index (χ0) is 22.4. The van der Waals surface area contributed by atoms with Crippen molar-refractivity contribution in [1.82, 2.24) is 0 Å². The maximum atomic E-state index is 13.2. The van der Waals surface area contributed by atoms with E-state index in [0.717, 1.165) is 24.0 Å². The third-order valence-electron chi connectivity index (χ3n) is 6.67. The lowest BCUT2D eigenvalue weighted by atomic mass is 9.87. The van der Waals surface area contributed by atoms with Crippen LogP contribution in [0.5, 0.6) is 11.5 Å². The van der Waals surface area contributed by atoms with E-state index < -0.39 is 6.09 Å². The van der Waals surface area contributed by atoms with Crippen LogP contribution in [0.1, 0.15) is 48.3 Å². The number of rotatable bonds is 3. The molecular weight excluding hydrogens is 470 g/mol. The predicted octanol–water partition coefficient (Wildman–Crippen LogP) is 6.51. The first kappa shape index (κ1) is 20.9. The molecular formula is C26H24BrNO4. The Balaban J connectivity index is 1.44. The first-order chi connectivity index (χ1) is 15.5. The molecule has 32 heavy (non-hydrogen) atoms. The summed E-state index contributed by atoms with van der Waals surface area (Å²) in [6, 6.07) is 17.8. The number of amides is 1. The molecule has 1 amide bonds. The van der Waals surface area contributed by atoms with Gasteiger partial charge in [-0.3, -0.25) is 4.90 Å². The largest absolute Gasteiger partial charge is 0.507 e. The second-order valence-corrected chi connectivity index (χ2v) is 9.13. The number of hydrogen-bond acceptors (Lipinski definition) is 4. The number of carbonyl (C=O) groups is 1. The Morgan fingerprint density at radius 3 is 2.31 bits per heavy atom. The molecule has 1 aliphatic heterocycles. The molecule has 164 valence electrons. The van der Waals surface area contributed by atoms with Crippen LogP contribution in [0.4, 0.5) is 10.5 Å². The second kappa shape index (κ2) is 8.17. The van der Waals surface area contributed by atoms with E-state index in [-0.39, 0.29) is 29.9 Å². The molecule has 0 spiro atoms. The van der Waals surface area contributed by atoms with Gasteiger partial charge in [0.05, 0.1) is 10.2 Å². The number of ether oxygens (including phenoxy) is 1. The number of phenolic OH excluding ortho intramolecular Hbond substituents is 2. The van der Waals surface area contributed by atoms with E-state index in [2.05, 4.69) is 47.1 Å².